The van der Waals surface area contributed by atoms with Crippen LogP contribution in [0.5, 0.6) is 0 Å². The van der Waals surface area contributed by atoms with Crippen molar-refractivity contribution in [2.24, 2.45) is 7.05 Å². The molecule has 0 radical (unpaired) electrons. The number of hydrogen-bond acceptors (Lipinski definition) is 2. The maximum absolute atomic E-state index is 5.10. The van der Waals surface area contributed by atoms with Crippen molar-refractivity contribution in [2.45, 2.75) is 0 Å². The van der Waals surface area contributed by atoms with Crippen LogP contribution < -0.4 is 0 Å². The normalized spacial score (nSPS) is 11.7. The van der Waals surface area contributed by atoms with E-state index in [0.29, 0.717) is 0 Å². The zero-order valence-electron chi connectivity index (χ0n) is 24.6. The van der Waals surface area contributed by atoms with Crippen LogP contribution >= 0.6 is 0 Å². The van der Waals surface area contributed by atoms with Crippen LogP contribution in [-0.4, -0.2) is 28.2 Å². The Hall–Kier alpha value is -6.14. The lowest BCUT2D eigenvalue weighted by atomic mass is 10.1. The van der Waals surface area contributed by atoms with E-state index in [1.807, 2.05) is 30.5 Å². The lowest BCUT2D eigenvalue weighted by Gasteiger charge is -2.14. The van der Waals surface area contributed by atoms with Gasteiger partial charge in [-0.3, -0.25) is 4.98 Å². The molecule has 0 fully saturated rings. The Morgan fingerprint density at radius 3 is 2.04 bits per heavy atom. The summed E-state index contributed by atoms with van der Waals surface area (Å²) in [6.45, 7) is 0. The van der Waals surface area contributed by atoms with Gasteiger partial charge >= 0.3 is 0 Å². The van der Waals surface area contributed by atoms with E-state index in [-0.39, 0.29) is 0 Å². The van der Waals surface area contributed by atoms with Crippen LogP contribution in [-0.2, 0) is 7.05 Å². The Morgan fingerprint density at radius 2 is 1.24 bits per heavy atom. The lowest BCUT2D eigenvalue weighted by Crippen LogP contribution is -1.99. The van der Waals surface area contributed by atoms with E-state index in [1.54, 1.807) is 0 Å². The van der Waals surface area contributed by atoms with Crippen LogP contribution in [0.4, 0.5) is 0 Å². The van der Waals surface area contributed by atoms with Gasteiger partial charge in [-0.1, -0.05) is 36.4 Å². The summed E-state index contributed by atoms with van der Waals surface area (Å²) in [6.07, 6.45) is 10.1. The zero-order chi connectivity index (χ0) is 29.9. The summed E-state index contributed by atoms with van der Waals surface area (Å²) in [4.78, 5) is 9.80. The monoisotopic (exact) mass is 580 g/mol. The van der Waals surface area contributed by atoms with E-state index >= 15 is 0 Å². The molecule has 0 saturated heterocycles. The number of benzene rings is 4. The first kappa shape index (κ1) is 25.4. The van der Waals surface area contributed by atoms with Gasteiger partial charge in [0, 0.05) is 77.0 Å². The Balaban J connectivity index is 1.28. The van der Waals surface area contributed by atoms with Gasteiger partial charge in [0.15, 0.2) is 0 Å². The molecule has 9 aromatic rings. The minimum atomic E-state index is 0.934. The average Bonchev–Trinajstić information content (AvgIpc) is 3.91. The second kappa shape index (κ2) is 9.96. The second-order valence-electron chi connectivity index (χ2n) is 11.4. The molecule has 5 aromatic heterocycles. The van der Waals surface area contributed by atoms with Crippen LogP contribution in [0.15, 0.2) is 152 Å². The van der Waals surface area contributed by atoms with E-state index in [4.69, 9.17) is 9.97 Å². The summed E-state index contributed by atoms with van der Waals surface area (Å²) in [5.74, 6) is 0.934. The molecule has 45 heavy (non-hydrogen) atoms. The molecule has 9 rings (SSSR count). The predicted molar refractivity (Wildman–Crippen MR) is 182 cm³/mol. The molecule has 214 valence electrons. The van der Waals surface area contributed by atoms with Crippen LogP contribution in [0.2, 0.25) is 0 Å². The highest BCUT2D eigenvalue weighted by Gasteiger charge is 2.17. The van der Waals surface area contributed by atoms with Gasteiger partial charge in [-0.25, -0.2) is 4.98 Å². The predicted octanol–water partition coefficient (Wildman–Crippen LogP) is 8.98. The van der Waals surface area contributed by atoms with Crippen molar-refractivity contribution in [3.8, 4) is 39.7 Å². The summed E-state index contributed by atoms with van der Waals surface area (Å²) in [6, 6.07) is 42.7. The smallest absolute Gasteiger partial charge is 0.140 e. The van der Waals surface area contributed by atoms with Crippen LogP contribution in [0.25, 0.3) is 72.5 Å². The molecule has 6 nitrogen and oxygen atoms in total. The van der Waals surface area contributed by atoms with E-state index in [0.717, 1.165) is 61.8 Å². The van der Waals surface area contributed by atoms with Crippen molar-refractivity contribution in [3.63, 3.8) is 0 Å². The fourth-order valence-corrected chi connectivity index (χ4v) is 6.55. The highest BCUT2D eigenvalue weighted by molar-refractivity contribution is 6.10. The van der Waals surface area contributed by atoms with Crippen molar-refractivity contribution in [1.29, 1.82) is 0 Å². The van der Waals surface area contributed by atoms with Crippen LogP contribution in [0, 0.1) is 0 Å². The summed E-state index contributed by atoms with van der Waals surface area (Å²) in [5, 5.41) is 2.42. The van der Waals surface area contributed by atoms with Gasteiger partial charge in [0.25, 0.3) is 0 Å². The van der Waals surface area contributed by atoms with Gasteiger partial charge < -0.3 is 18.3 Å². The zero-order valence-corrected chi connectivity index (χ0v) is 24.6. The summed E-state index contributed by atoms with van der Waals surface area (Å²) in [5.41, 5.74) is 10.7. The van der Waals surface area contributed by atoms with Crippen molar-refractivity contribution in [3.05, 3.63) is 152 Å². The van der Waals surface area contributed by atoms with E-state index in [9.17, 15) is 0 Å². The SMILES string of the molecule is Cn1c(-c2ccc3c4ccccc4n(-c4cc(-c5ccccn5)cc(-n5cccc5)c4)c3c2)nc2ccc(-n3cccc3)cc21. The molecule has 0 bridgehead atoms. The molecular formula is C39H28N6. The molecule has 0 aliphatic rings. The molecule has 0 unspecified atom stereocenters. The summed E-state index contributed by atoms with van der Waals surface area (Å²) in [7, 11) is 2.10. The number of imidazole rings is 1. The number of aryl methyl sites for hydroxylation is 1. The van der Waals surface area contributed by atoms with Crippen molar-refractivity contribution < 1.29 is 0 Å². The average molecular weight is 581 g/mol. The van der Waals surface area contributed by atoms with Crippen LogP contribution in [0.1, 0.15) is 0 Å². The molecule has 0 atom stereocenters. The first-order valence-electron chi connectivity index (χ1n) is 15.0. The minimum Gasteiger partial charge on any atom is -0.327 e. The summed E-state index contributed by atoms with van der Waals surface area (Å²) < 4.78 is 8.84. The third-order valence-corrected chi connectivity index (χ3v) is 8.72. The Labute approximate surface area is 259 Å². The van der Waals surface area contributed by atoms with Gasteiger partial charge in [-0.2, -0.15) is 0 Å². The number of aromatic nitrogens is 6. The number of para-hydroxylation sites is 1. The Morgan fingerprint density at radius 1 is 0.511 bits per heavy atom. The van der Waals surface area contributed by atoms with Gasteiger partial charge in [-0.05, 0) is 84.9 Å². The third kappa shape index (κ3) is 4.11. The van der Waals surface area contributed by atoms with Gasteiger partial charge in [0.2, 0.25) is 0 Å². The number of nitrogens with zero attached hydrogens (tertiary/aromatic N) is 6. The maximum Gasteiger partial charge on any atom is 0.140 e. The number of pyridine rings is 1. The maximum atomic E-state index is 5.10. The lowest BCUT2D eigenvalue weighted by molar-refractivity contribution is 0.957. The number of hydrogen-bond donors (Lipinski definition) is 0. The first-order chi connectivity index (χ1) is 22.2. The van der Waals surface area contributed by atoms with E-state index in [1.165, 1.54) is 10.8 Å². The highest BCUT2D eigenvalue weighted by atomic mass is 15.1. The molecule has 0 spiro atoms. The van der Waals surface area contributed by atoms with Crippen LogP contribution in [0.3, 0.4) is 0 Å². The van der Waals surface area contributed by atoms with Crippen molar-refractivity contribution in [1.82, 2.24) is 28.2 Å². The number of fused-ring (bicyclic) bond motifs is 4. The van der Waals surface area contributed by atoms with E-state index in [2.05, 4.69) is 147 Å². The Bertz CT molecular complexity index is 2480. The molecule has 4 aromatic carbocycles. The Kier molecular flexibility index (Phi) is 5.62. The second-order valence-corrected chi connectivity index (χ2v) is 11.4. The largest absolute Gasteiger partial charge is 0.327 e. The van der Waals surface area contributed by atoms with Gasteiger partial charge in [-0.15, -0.1) is 0 Å². The quantitative estimate of drug-likeness (QED) is 0.204. The molecule has 6 heteroatoms. The molecule has 5 heterocycles. The fraction of sp³-hybridized carbons (Fsp3) is 0.0256. The molecule has 0 amide bonds. The summed E-state index contributed by atoms with van der Waals surface area (Å²) >= 11 is 0. The minimum absolute atomic E-state index is 0.934. The molecule has 0 aliphatic carbocycles. The van der Waals surface area contributed by atoms with Gasteiger partial charge in [0.05, 0.1) is 27.8 Å². The first-order valence-corrected chi connectivity index (χ1v) is 15.0. The van der Waals surface area contributed by atoms with Crippen molar-refractivity contribution >= 4 is 32.8 Å². The third-order valence-electron chi connectivity index (χ3n) is 8.72. The van der Waals surface area contributed by atoms with Crippen molar-refractivity contribution in [2.75, 3.05) is 0 Å². The molecule has 0 saturated carbocycles. The number of rotatable bonds is 5. The van der Waals surface area contributed by atoms with E-state index < -0.39 is 0 Å². The van der Waals surface area contributed by atoms with Gasteiger partial charge in [0.1, 0.15) is 5.82 Å². The standard InChI is InChI=1S/C39H28N6/c1-42-38-26-29(43-18-6-7-19-43)14-16-35(38)41-39(42)27-13-15-33-32-10-2-3-12-36(32)45(37(33)24-27)31-23-28(34-11-4-5-17-40-34)22-30(25-31)44-20-8-9-21-44/h2-26H,1H3. The molecule has 0 N–H and O–H groups in total. The fourth-order valence-electron chi connectivity index (χ4n) is 6.55. The topological polar surface area (TPSA) is 45.5 Å². The molecular weight excluding hydrogens is 552 g/mol. The highest BCUT2D eigenvalue weighted by Crippen LogP contribution is 2.37. The molecule has 0 aliphatic heterocycles.